The topological polar surface area (TPSA) is 40.5 Å². The molecule has 0 aromatic heterocycles. The maximum atomic E-state index is 9.99. The second-order valence-corrected chi connectivity index (χ2v) is 6.66. The first-order chi connectivity index (χ1) is 7.52. The Morgan fingerprint density at radius 3 is 2.12 bits per heavy atom. The Hall–Kier alpha value is 0.400. The van der Waals surface area contributed by atoms with Crippen molar-refractivity contribution in [2.24, 2.45) is 11.8 Å². The predicted octanol–water partition coefficient (Wildman–Crippen LogP) is 3.10. The van der Waals surface area contributed by atoms with Crippen molar-refractivity contribution in [3.63, 3.8) is 0 Å². The lowest BCUT2D eigenvalue weighted by Crippen LogP contribution is -2.38. The maximum Gasteiger partial charge on any atom is 0.0926 e. The highest BCUT2D eigenvalue weighted by atomic mass is 79.9. The van der Waals surface area contributed by atoms with Crippen molar-refractivity contribution >= 4 is 15.9 Å². The standard InChI is InChI=1S/C13H25BrO2/c1-9(2)12(15)13(16)11(14)8-10-6-4-3-5-7-10/h9-13,15-16H,3-8H2,1-2H3/t11-,12+,13-/m1/s1. The Balaban J connectivity index is 2.35. The van der Waals surface area contributed by atoms with Gasteiger partial charge >= 0.3 is 0 Å². The second kappa shape index (κ2) is 6.97. The molecular weight excluding hydrogens is 268 g/mol. The summed E-state index contributed by atoms with van der Waals surface area (Å²) in [4.78, 5) is 0.0352. The van der Waals surface area contributed by atoms with Gasteiger partial charge in [0.15, 0.2) is 0 Å². The van der Waals surface area contributed by atoms with Crippen molar-refractivity contribution < 1.29 is 10.2 Å². The van der Waals surface area contributed by atoms with Crippen LogP contribution in [0.3, 0.4) is 0 Å². The minimum Gasteiger partial charge on any atom is -0.390 e. The van der Waals surface area contributed by atoms with Gasteiger partial charge in [-0.2, -0.15) is 0 Å². The zero-order valence-corrected chi connectivity index (χ0v) is 12.0. The molecule has 0 saturated heterocycles. The van der Waals surface area contributed by atoms with Gasteiger partial charge in [-0.25, -0.2) is 0 Å². The summed E-state index contributed by atoms with van der Waals surface area (Å²) in [6, 6.07) is 0. The lowest BCUT2D eigenvalue weighted by atomic mass is 9.84. The van der Waals surface area contributed by atoms with E-state index in [1.807, 2.05) is 13.8 Å². The van der Waals surface area contributed by atoms with Crippen LogP contribution in [0.5, 0.6) is 0 Å². The van der Waals surface area contributed by atoms with Crippen LogP contribution in [-0.2, 0) is 0 Å². The fraction of sp³-hybridized carbons (Fsp3) is 1.00. The maximum absolute atomic E-state index is 9.99. The van der Waals surface area contributed by atoms with E-state index in [4.69, 9.17) is 0 Å². The van der Waals surface area contributed by atoms with Crippen LogP contribution in [0.4, 0.5) is 0 Å². The second-order valence-electron chi connectivity index (χ2n) is 5.48. The molecule has 0 aromatic carbocycles. The molecule has 1 aliphatic rings. The van der Waals surface area contributed by atoms with E-state index in [1.165, 1.54) is 32.1 Å². The molecule has 3 atom stereocenters. The van der Waals surface area contributed by atoms with Gasteiger partial charge in [-0.3, -0.25) is 0 Å². The van der Waals surface area contributed by atoms with Gasteiger partial charge in [-0.05, 0) is 18.3 Å². The van der Waals surface area contributed by atoms with Crippen molar-refractivity contribution in [2.75, 3.05) is 0 Å². The van der Waals surface area contributed by atoms with Crippen molar-refractivity contribution in [3.8, 4) is 0 Å². The Kier molecular flexibility index (Phi) is 6.30. The lowest BCUT2D eigenvalue weighted by molar-refractivity contribution is -0.0109. The third-order valence-electron chi connectivity index (χ3n) is 3.69. The monoisotopic (exact) mass is 292 g/mol. The molecule has 16 heavy (non-hydrogen) atoms. The summed E-state index contributed by atoms with van der Waals surface area (Å²) in [5.41, 5.74) is 0. The van der Waals surface area contributed by atoms with Crippen LogP contribution in [-0.4, -0.2) is 27.2 Å². The van der Waals surface area contributed by atoms with E-state index in [0.29, 0.717) is 0 Å². The van der Waals surface area contributed by atoms with Crippen molar-refractivity contribution in [1.82, 2.24) is 0 Å². The minimum absolute atomic E-state index is 0.0352. The molecule has 0 unspecified atom stereocenters. The van der Waals surface area contributed by atoms with E-state index >= 15 is 0 Å². The third-order valence-corrected chi connectivity index (χ3v) is 4.60. The molecule has 1 fully saturated rings. The summed E-state index contributed by atoms with van der Waals surface area (Å²) < 4.78 is 0. The molecule has 0 aromatic rings. The molecule has 1 aliphatic carbocycles. The average Bonchev–Trinajstić information content (AvgIpc) is 2.28. The van der Waals surface area contributed by atoms with Gasteiger partial charge in [0.2, 0.25) is 0 Å². The van der Waals surface area contributed by atoms with E-state index in [-0.39, 0.29) is 10.7 Å². The highest BCUT2D eigenvalue weighted by Gasteiger charge is 2.28. The first-order valence-corrected chi connectivity index (χ1v) is 7.44. The average molecular weight is 293 g/mol. The van der Waals surface area contributed by atoms with Crippen LogP contribution in [0, 0.1) is 11.8 Å². The third kappa shape index (κ3) is 4.34. The fourth-order valence-electron chi connectivity index (χ4n) is 2.49. The molecule has 0 bridgehead atoms. The van der Waals surface area contributed by atoms with E-state index in [1.54, 1.807) is 0 Å². The normalized spacial score (nSPS) is 24.4. The largest absolute Gasteiger partial charge is 0.390 e. The molecule has 1 rings (SSSR count). The molecular formula is C13H25BrO2. The van der Waals surface area contributed by atoms with Crippen LogP contribution >= 0.6 is 15.9 Å². The van der Waals surface area contributed by atoms with E-state index in [2.05, 4.69) is 15.9 Å². The molecule has 2 nitrogen and oxygen atoms in total. The zero-order chi connectivity index (χ0) is 12.1. The Morgan fingerprint density at radius 1 is 1.06 bits per heavy atom. The summed E-state index contributed by atoms with van der Waals surface area (Å²) in [7, 11) is 0. The highest BCUT2D eigenvalue weighted by Crippen LogP contribution is 2.31. The van der Waals surface area contributed by atoms with Crippen LogP contribution < -0.4 is 0 Å². The SMILES string of the molecule is CC(C)[C@H](O)[C@H](O)[C@H](Br)CC1CCCCC1. The van der Waals surface area contributed by atoms with Gasteiger partial charge in [0.25, 0.3) is 0 Å². The van der Waals surface area contributed by atoms with E-state index in [0.717, 1.165) is 12.3 Å². The van der Waals surface area contributed by atoms with Crippen LogP contribution in [0.2, 0.25) is 0 Å². The lowest BCUT2D eigenvalue weighted by Gasteiger charge is -2.29. The zero-order valence-electron chi connectivity index (χ0n) is 10.4. The van der Waals surface area contributed by atoms with Gasteiger partial charge in [-0.1, -0.05) is 61.9 Å². The summed E-state index contributed by atoms with van der Waals surface area (Å²) in [5.74, 6) is 0.841. The number of alkyl halides is 1. The molecule has 96 valence electrons. The van der Waals surface area contributed by atoms with E-state index < -0.39 is 12.2 Å². The fourth-order valence-corrected chi connectivity index (χ4v) is 3.33. The van der Waals surface area contributed by atoms with Gasteiger partial charge < -0.3 is 10.2 Å². The molecule has 0 amide bonds. The smallest absolute Gasteiger partial charge is 0.0926 e. The van der Waals surface area contributed by atoms with Crippen LogP contribution in [0.15, 0.2) is 0 Å². The van der Waals surface area contributed by atoms with Gasteiger partial charge in [-0.15, -0.1) is 0 Å². The molecule has 1 saturated carbocycles. The first kappa shape index (κ1) is 14.5. The van der Waals surface area contributed by atoms with Gasteiger partial charge in [0.1, 0.15) is 0 Å². The van der Waals surface area contributed by atoms with Crippen molar-refractivity contribution in [2.45, 2.75) is 69.4 Å². The number of aliphatic hydroxyl groups excluding tert-OH is 2. The van der Waals surface area contributed by atoms with Gasteiger partial charge in [0.05, 0.1) is 12.2 Å². The molecule has 0 aliphatic heterocycles. The summed E-state index contributed by atoms with van der Waals surface area (Å²) in [5, 5.41) is 19.8. The number of halogens is 1. The quantitative estimate of drug-likeness (QED) is 0.765. The van der Waals surface area contributed by atoms with Gasteiger partial charge in [0, 0.05) is 4.83 Å². The summed E-state index contributed by atoms with van der Waals surface area (Å²) in [6.07, 6.45) is 6.32. The predicted molar refractivity (Wildman–Crippen MR) is 70.8 cm³/mol. The van der Waals surface area contributed by atoms with Crippen LogP contribution in [0.25, 0.3) is 0 Å². The molecule has 0 heterocycles. The number of hydrogen-bond donors (Lipinski definition) is 2. The first-order valence-electron chi connectivity index (χ1n) is 6.52. The molecule has 3 heteroatoms. The minimum atomic E-state index is -0.637. The number of hydrogen-bond acceptors (Lipinski definition) is 2. The van der Waals surface area contributed by atoms with Crippen molar-refractivity contribution in [1.29, 1.82) is 0 Å². The molecule has 0 spiro atoms. The Labute approximate surface area is 108 Å². The highest BCUT2D eigenvalue weighted by molar-refractivity contribution is 9.09. The summed E-state index contributed by atoms with van der Waals surface area (Å²) >= 11 is 3.54. The Morgan fingerprint density at radius 2 is 1.62 bits per heavy atom. The number of rotatable bonds is 5. The van der Waals surface area contributed by atoms with E-state index in [9.17, 15) is 10.2 Å². The summed E-state index contributed by atoms with van der Waals surface area (Å²) in [6.45, 7) is 3.88. The number of aliphatic hydroxyl groups is 2. The molecule has 0 radical (unpaired) electrons. The molecule has 2 N–H and O–H groups in total. The van der Waals surface area contributed by atoms with Crippen LogP contribution in [0.1, 0.15) is 52.4 Å². The Bertz CT molecular complexity index is 190. The van der Waals surface area contributed by atoms with Crippen molar-refractivity contribution in [3.05, 3.63) is 0 Å².